The number of likely N-dealkylation sites (tertiary alicyclic amines) is 1. The smallest absolute Gasteiger partial charge is 0.237 e. The molecule has 2 fully saturated rings. The number of carbonyl (C=O) groups is 1. The molecule has 0 bridgehead atoms. The van der Waals surface area contributed by atoms with Crippen LogP contribution >= 0.6 is 11.6 Å². The molecular formula is C27H31ClFN5O3. The topological polar surface area (TPSA) is 88.6 Å². The van der Waals surface area contributed by atoms with Gasteiger partial charge in [-0.15, -0.1) is 0 Å². The van der Waals surface area contributed by atoms with Gasteiger partial charge in [-0.2, -0.15) is 0 Å². The van der Waals surface area contributed by atoms with Gasteiger partial charge in [-0.25, -0.2) is 14.4 Å². The van der Waals surface area contributed by atoms with E-state index in [9.17, 15) is 9.18 Å². The van der Waals surface area contributed by atoms with Crippen molar-refractivity contribution < 1.29 is 18.7 Å². The van der Waals surface area contributed by atoms with E-state index in [1.807, 2.05) is 6.07 Å². The van der Waals surface area contributed by atoms with Gasteiger partial charge in [0.25, 0.3) is 0 Å². The number of anilines is 2. The second-order valence-electron chi connectivity index (χ2n) is 9.53. The first-order chi connectivity index (χ1) is 18.0. The van der Waals surface area contributed by atoms with Gasteiger partial charge < -0.3 is 20.1 Å². The average molecular weight is 528 g/mol. The lowest BCUT2D eigenvalue weighted by atomic mass is 9.91. The Bertz CT molecular complexity index is 1280. The molecule has 5 rings (SSSR count). The normalized spacial score (nSPS) is 22.1. The van der Waals surface area contributed by atoms with Gasteiger partial charge in [0.05, 0.1) is 35.5 Å². The predicted molar refractivity (Wildman–Crippen MR) is 141 cm³/mol. The van der Waals surface area contributed by atoms with Gasteiger partial charge in [0, 0.05) is 24.5 Å². The number of benzene rings is 2. The number of hydrogen-bond acceptors (Lipinski definition) is 7. The van der Waals surface area contributed by atoms with Crippen LogP contribution in [0.2, 0.25) is 5.02 Å². The maximum atomic E-state index is 14.5. The maximum Gasteiger partial charge on any atom is 0.237 e. The van der Waals surface area contributed by atoms with Gasteiger partial charge in [-0.3, -0.25) is 9.69 Å². The van der Waals surface area contributed by atoms with E-state index in [2.05, 4.69) is 25.5 Å². The van der Waals surface area contributed by atoms with Gasteiger partial charge in [-0.1, -0.05) is 17.7 Å². The molecule has 0 unspecified atom stereocenters. The lowest BCUT2D eigenvalue weighted by Gasteiger charge is -2.37. The molecular weight excluding hydrogens is 497 g/mol. The van der Waals surface area contributed by atoms with Crippen molar-refractivity contribution in [2.75, 3.05) is 26.0 Å². The maximum absolute atomic E-state index is 14.5. The summed E-state index contributed by atoms with van der Waals surface area (Å²) in [6.07, 6.45) is 7.12. The summed E-state index contributed by atoms with van der Waals surface area (Å²) in [5.41, 5.74) is 0.864. The summed E-state index contributed by atoms with van der Waals surface area (Å²) in [7, 11) is 3.30. The summed E-state index contributed by atoms with van der Waals surface area (Å²) in [5, 5.41) is 6.55. The summed E-state index contributed by atoms with van der Waals surface area (Å²) < 4.78 is 26.6. The molecule has 0 spiro atoms. The molecule has 196 valence electrons. The number of aromatic nitrogens is 2. The molecule has 1 saturated carbocycles. The summed E-state index contributed by atoms with van der Waals surface area (Å²) in [5.74, 6) is 1.17. The van der Waals surface area contributed by atoms with Crippen molar-refractivity contribution in [2.24, 2.45) is 0 Å². The quantitative estimate of drug-likeness (QED) is 0.443. The van der Waals surface area contributed by atoms with Crippen molar-refractivity contribution in [3.8, 4) is 11.5 Å². The van der Waals surface area contributed by atoms with Crippen LogP contribution in [0.5, 0.6) is 11.5 Å². The van der Waals surface area contributed by atoms with Gasteiger partial charge >= 0.3 is 0 Å². The number of ether oxygens (including phenoxy) is 2. The molecule has 3 aromatic rings. The number of amides is 1. The van der Waals surface area contributed by atoms with Crippen LogP contribution in [0.3, 0.4) is 0 Å². The van der Waals surface area contributed by atoms with Crippen molar-refractivity contribution in [3.05, 3.63) is 47.5 Å². The second-order valence-corrected chi connectivity index (χ2v) is 9.93. The number of halogens is 2. The van der Waals surface area contributed by atoms with E-state index in [0.717, 1.165) is 45.1 Å². The molecule has 0 radical (unpaired) electrons. The lowest BCUT2D eigenvalue weighted by Crippen LogP contribution is -2.48. The van der Waals surface area contributed by atoms with Crippen molar-refractivity contribution in [2.45, 2.75) is 56.7 Å². The van der Waals surface area contributed by atoms with Crippen LogP contribution in [0.15, 0.2) is 36.7 Å². The van der Waals surface area contributed by atoms with Gasteiger partial charge in [0.1, 0.15) is 12.1 Å². The van der Waals surface area contributed by atoms with Crippen LogP contribution in [-0.4, -0.2) is 59.7 Å². The van der Waals surface area contributed by atoms with Crippen LogP contribution in [0.25, 0.3) is 10.9 Å². The molecule has 1 atom stereocenters. The van der Waals surface area contributed by atoms with E-state index in [1.54, 1.807) is 32.4 Å². The zero-order valence-corrected chi connectivity index (χ0v) is 21.7. The van der Waals surface area contributed by atoms with Crippen molar-refractivity contribution in [3.63, 3.8) is 0 Å². The average Bonchev–Trinajstić information content (AvgIpc) is 3.41. The first-order valence-corrected chi connectivity index (χ1v) is 13.0. The Balaban J connectivity index is 1.33. The first kappa shape index (κ1) is 25.5. The molecule has 10 heteroatoms. The Hall–Kier alpha value is -3.17. The minimum absolute atomic E-state index is 0.0232. The van der Waals surface area contributed by atoms with Crippen molar-refractivity contribution in [1.82, 2.24) is 20.2 Å². The Morgan fingerprint density at radius 2 is 1.95 bits per heavy atom. The molecule has 1 aliphatic carbocycles. The van der Waals surface area contributed by atoms with E-state index < -0.39 is 5.82 Å². The number of likely N-dealkylation sites (N-methyl/N-ethyl adjacent to an activating group) is 1. The summed E-state index contributed by atoms with van der Waals surface area (Å²) in [6, 6.07) is 8.77. The zero-order chi connectivity index (χ0) is 25.9. The molecule has 37 heavy (non-hydrogen) atoms. The minimum Gasteiger partial charge on any atom is -0.493 e. The van der Waals surface area contributed by atoms with E-state index in [4.69, 9.17) is 21.1 Å². The molecule has 1 aliphatic heterocycles. The molecule has 2 N–H and O–H groups in total. The van der Waals surface area contributed by atoms with Gasteiger partial charge in [-0.05, 0) is 63.3 Å². The molecule has 2 heterocycles. The SMILES string of the molecule is CNC(=O)[C@@H]1CCCN1[C@H]1CC[C@@H](Oc2cc3c(Nc4cccc(Cl)c4F)ncnc3cc2OC)CC1. The summed E-state index contributed by atoms with van der Waals surface area (Å²) >= 11 is 5.95. The van der Waals surface area contributed by atoms with Crippen LogP contribution in [-0.2, 0) is 4.79 Å². The summed E-state index contributed by atoms with van der Waals surface area (Å²) in [6.45, 7) is 0.968. The monoisotopic (exact) mass is 527 g/mol. The fourth-order valence-electron chi connectivity index (χ4n) is 5.49. The van der Waals surface area contributed by atoms with Crippen molar-refractivity contribution >= 4 is 39.9 Å². The molecule has 1 amide bonds. The number of carbonyl (C=O) groups excluding carboxylic acids is 1. The second kappa shape index (κ2) is 11.1. The molecule has 2 aromatic carbocycles. The minimum atomic E-state index is -0.547. The number of nitrogens with zero attached hydrogens (tertiary/aromatic N) is 3. The van der Waals surface area contributed by atoms with Crippen molar-refractivity contribution in [1.29, 1.82) is 0 Å². The highest BCUT2D eigenvalue weighted by Crippen LogP contribution is 2.38. The highest BCUT2D eigenvalue weighted by Gasteiger charge is 2.37. The summed E-state index contributed by atoms with van der Waals surface area (Å²) in [4.78, 5) is 23.4. The van der Waals surface area contributed by atoms with E-state index in [1.165, 1.54) is 12.4 Å². The van der Waals surface area contributed by atoms with E-state index >= 15 is 0 Å². The Labute approximate surface area is 220 Å². The highest BCUT2D eigenvalue weighted by atomic mass is 35.5. The van der Waals surface area contributed by atoms with Crippen LogP contribution in [0, 0.1) is 5.82 Å². The third kappa shape index (κ3) is 5.29. The Morgan fingerprint density at radius 3 is 2.70 bits per heavy atom. The van der Waals surface area contributed by atoms with Crippen LogP contribution in [0.1, 0.15) is 38.5 Å². The van der Waals surface area contributed by atoms with Crippen LogP contribution < -0.4 is 20.1 Å². The predicted octanol–water partition coefficient (Wildman–Crippen LogP) is 5.07. The zero-order valence-electron chi connectivity index (χ0n) is 21.0. The molecule has 1 saturated heterocycles. The number of nitrogens with one attached hydrogen (secondary N) is 2. The van der Waals surface area contributed by atoms with Crippen LogP contribution in [0.4, 0.5) is 15.9 Å². The van der Waals surface area contributed by atoms with E-state index in [-0.39, 0.29) is 28.8 Å². The molecule has 2 aliphatic rings. The third-order valence-corrected chi connectivity index (χ3v) is 7.67. The lowest BCUT2D eigenvalue weighted by molar-refractivity contribution is -0.126. The molecule has 8 nitrogen and oxygen atoms in total. The number of methoxy groups -OCH3 is 1. The fraction of sp³-hybridized carbons (Fsp3) is 0.444. The number of fused-ring (bicyclic) bond motifs is 1. The fourth-order valence-corrected chi connectivity index (χ4v) is 5.67. The highest BCUT2D eigenvalue weighted by molar-refractivity contribution is 6.31. The van der Waals surface area contributed by atoms with Gasteiger partial charge in [0.2, 0.25) is 5.91 Å². The Morgan fingerprint density at radius 1 is 1.14 bits per heavy atom. The van der Waals surface area contributed by atoms with Gasteiger partial charge in [0.15, 0.2) is 17.3 Å². The third-order valence-electron chi connectivity index (χ3n) is 7.38. The van der Waals surface area contributed by atoms with E-state index in [0.29, 0.717) is 34.3 Å². The number of rotatable bonds is 7. The Kier molecular flexibility index (Phi) is 7.62. The standard InChI is InChI=1S/C27H31ClFN5O3/c1-30-27(35)22-7-4-12-34(22)16-8-10-17(11-9-16)37-24-13-18-21(14-23(24)36-2)31-15-32-26(18)33-20-6-3-5-19(28)25(20)29/h3,5-6,13-17,22H,4,7-12H2,1-2H3,(H,30,35)(H,31,32,33)/t16-,17+,22-/m0/s1. The largest absolute Gasteiger partial charge is 0.493 e. The molecule has 1 aromatic heterocycles. The first-order valence-electron chi connectivity index (χ1n) is 12.7. The number of hydrogen-bond donors (Lipinski definition) is 2.